The van der Waals surface area contributed by atoms with Crippen molar-refractivity contribution in [1.82, 2.24) is 0 Å². The molecule has 0 N–H and O–H groups in total. The molecule has 162 valence electrons. The summed E-state index contributed by atoms with van der Waals surface area (Å²) in [5.41, 5.74) is 2.06. The summed E-state index contributed by atoms with van der Waals surface area (Å²) < 4.78 is 39.7. The molecule has 7 heteroatoms. The van der Waals surface area contributed by atoms with Crippen molar-refractivity contribution in [2.75, 3.05) is 48.8 Å². The van der Waals surface area contributed by atoms with Crippen molar-refractivity contribution >= 4 is 0 Å². The summed E-state index contributed by atoms with van der Waals surface area (Å²) in [5.74, 6) is 3.68. The van der Waals surface area contributed by atoms with E-state index in [1.807, 2.05) is 30.3 Å². The summed E-state index contributed by atoms with van der Waals surface area (Å²) in [5, 5.41) is 0. The first kappa shape index (κ1) is 20.6. The topological polar surface area (TPSA) is 64.6 Å². The van der Waals surface area contributed by atoms with E-state index < -0.39 is 0 Å². The van der Waals surface area contributed by atoms with Crippen LogP contribution in [0.5, 0.6) is 28.7 Å². The zero-order chi connectivity index (χ0) is 21.3. The molecule has 0 aromatic heterocycles. The van der Waals surface area contributed by atoms with Gasteiger partial charge in [-0.3, -0.25) is 0 Å². The number of benzene rings is 2. The number of rotatable bonds is 7. The van der Waals surface area contributed by atoms with E-state index in [1.54, 1.807) is 35.5 Å². The lowest BCUT2D eigenvalue weighted by Crippen LogP contribution is -2.15. The van der Waals surface area contributed by atoms with Crippen LogP contribution in [0, 0.1) is 11.8 Å². The fourth-order valence-corrected chi connectivity index (χ4v) is 4.53. The molecular weight excluding hydrogens is 388 g/mol. The Balaban J connectivity index is 1.61. The van der Waals surface area contributed by atoms with Gasteiger partial charge in [-0.1, -0.05) is 6.07 Å². The van der Waals surface area contributed by atoms with E-state index in [9.17, 15) is 0 Å². The maximum absolute atomic E-state index is 6.24. The Labute approximate surface area is 176 Å². The van der Waals surface area contributed by atoms with Crippen molar-refractivity contribution in [2.24, 2.45) is 11.8 Å². The maximum atomic E-state index is 6.24. The monoisotopic (exact) mass is 416 g/mol. The highest BCUT2D eigenvalue weighted by Gasteiger charge is 2.48. The van der Waals surface area contributed by atoms with Gasteiger partial charge in [-0.2, -0.15) is 0 Å². The molecule has 0 amide bonds. The van der Waals surface area contributed by atoms with Crippen LogP contribution in [0.1, 0.15) is 23.3 Å². The molecule has 2 aromatic carbocycles. The zero-order valence-corrected chi connectivity index (χ0v) is 18.0. The number of hydrogen-bond acceptors (Lipinski definition) is 7. The lowest BCUT2D eigenvalue weighted by atomic mass is 9.84. The number of methoxy groups -OCH3 is 5. The molecule has 2 saturated heterocycles. The van der Waals surface area contributed by atoms with Crippen LogP contribution in [-0.2, 0) is 9.47 Å². The molecule has 2 heterocycles. The van der Waals surface area contributed by atoms with Crippen molar-refractivity contribution in [3.63, 3.8) is 0 Å². The third-order valence-electron chi connectivity index (χ3n) is 6.02. The van der Waals surface area contributed by atoms with Crippen LogP contribution >= 0.6 is 0 Å². The summed E-state index contributed by atoms with van der Waals surface area (Å²) in [6, 6.07) is 9.84. The SMILES string of the molecule is COc1ccc([C@H]2OC[C@@H]3[C@@H]2CO[C@@H]3c2cc(OC)c(OC)c(OC)c2)cc1OC. The molecule has 0 aliphatic carbocycles. The van der Waals surface area contributed by atoms with Crippen molar-refractivity contribution in [3.8, 4) is 28.7 Å². The Morgan fingerprint density at radius 1 is 0.600 bits per heavy atom. The predicted molar refractivity (Wildman–Crippen MR) is 110 cm³/mol. The van der Waals surface area contributed by atoms with E-state index in [1.165, 1.54) is 0 Å². The fraction of sp³-hybridized carbons (Fsp3) is 0.478. The van der Waals surface area contributed by atoms with Gasteiger partial charge in [-0.15, -0.1) is 0 Å². The van der Waals surface area contributed by atoms with Crippen LogP contribution < -0.4 is 23.7 Å². The van der Waals surface area contributed by atoms with E-state index in [0.29, 0.717) is 42.0 Å². The second kappa shape index (κ2) is 8.62. The maximum Gasteiger partial charge on any atom is 0.203 e. The van der Waals surface area contributed by atoms with Crippen LogP contribution in [-0.4, -0.2) is 48.8 Å². The molecule has 4 atom stereocenters. The molecule has 0 spiro atoms. The second-order valence-electron chi connectivity index (χ2n) is 7.41. The first-order valence-corrected chi connectivity index (χ1v) is 9.90. The van der Waals surface area contributed by atoms with Gasteiger partial charge in [0.15, 0.2) is 23.0 Å². The highest BCUT2D eigenvalue weighted by Crippen LogP contribution is 2.52. The van der Waals surface area contributed by atoms with Gasteiger partial charge in [0.2, 0.25) is 5.75 Å². The van der Waals surface area contributed by atoms with E-state index in [-0.39, 0.29) is 24.0 Å². The molecule has 30 heavy (non-hydrogen) atoms. The Bertz CT molecular complexity index is 872. The average Bonchev–Trinajstić information content (AvgIpc) is 3.39. The van der Waals surface area contributed by atoms with Crippen molar-refractivity contribution < 1.29 is 33.2 Å². The number of hydrogen-bond donors (Lipinski definition) is 0. The minimum Gasteiger partial charge on any atom is -0.493 e. The normalized spacial score (nSPS) is 25.0. The van der Waals surface area contributed by atoms with Gasteiger partial charge in [-0.05, 0) is 35.4 Å². The Kier molecular flexibility index (Phi) is 5.92. The highest BCUT2D eigenvalue weighted by atomic mass is 16.5. The Hall–Kier alpha value is -2.64. The van der Waals surface area contributed by atoms with Gasteiger partial charge in [0, 0.05) is 11.8 Å². The molecule has 2 fully saturated rings. The van der Waals surface area contributed by atoms with Crippen molar-refractivity contribution in [3.05, 3.63) is 41.5 Å². The molecule has 0 bridgehead atoms. The van der Waals surface area contributed by atoms with E-state index in [4.69, 9.17) is 33.2 Å². The first-order chi connectivity index (χ1) is 14.6. The molecular formula is C23H28O7. The molecule has 2 aliphatic rings. The molecule has 0 saturated carbocycles. The third kappa shape index (κ3) is 3.42. The lowest BCUT2D eigenvalue weighted by Gasteiger charge is -2.20. The highest BCUT2D eigenvalue weighted by molar-refractivity contribution is 5.54. The molecule has 2 aliphatic heterocycles. The van der Waals surface area contributed by atoms with E-state index in [2.05, 4.69) is 0 Å². The van der Waals surface area contributed by atoms with Gasteiger partial charge >= 0.3 is 0 Å². The summed E-state index contributed by atoms with van der Waals surface area (Å²) >= 11 is 0. The van der Waals surface area contributed by atoms with E-state index >= 15 is 0 Å². The minimum atomic E-state index is -0.103. The van der Waals surface area contributed by atoms with Gasteiger partial charge in [-0.25, -0.2) is 0 Å². The smallest absolute Gasteiger partial charge is 0.203 e. The van der Waals surface area contributed by atoms with Crippen LogP contribution in [0.4, 0.5) is 0 Å². The van der Waals surface area contributed by atoms with Gasteiger partial charge in [0.05, 0.1) is 61.0 Å². The second-order valence-corrected chi connectivity index (χ2v) is 7.41. The van der Waals surface area contributed by atoms with Crippen LogP contribution in [0.3, 0.4) is 0 Å². The van der Waals surface area contributed by atoms with Crippen molar-refractivity contribution in [2.45, 2.75) is 12.2 Å². The van der Waals surface area contributed by atoms with Crippen LogP contribution in [0.2, 0.25) is 0 Å². The lowest BCUT2D eigenvalue weighted by molar-refractivity contribution is 0.0191. The number of fused-ring (bicyclic) bond motifs is 1. The minimum absolute atomic E-state index is 0.0538. The molecule has 0 radical (unpaired) electrons. The Morgan fingerprint density at radius 3 is 1.60 bits per heavy atom. The predicted octanol–water partition coefficient (Wildman–Crippen LogP) is 3.80. The van der Waals surface area contributed by atoms with Crippen LogP contribution in [0.25, 0.3) is 0 Å². The molecule has 4 rings (SSSR count). The zero-order valence-electron chi connectivity index (χ0n) is 18.0. The standard InChI is InChI=1S/C23H28O7/c1-24-17-7-6-13(8-18(17)25-2)21-15-11-30-22(16(15)12-29-21)14-9-19(26-3)23(28-5)20(10-14)27-4/h6-10,15-16,21-22H,11-12H2,1-5H3/t15-,16+,21+,22+/m0/s1. The van der Waals surface area contributed by atoms with Gasteiger partial charge < -0.3 is 33.2 Å². The van der Waals surface area contributed by atoms with Gasteiger partial charge in [0.1, 0.15) is 0 Å². The molecule has 2 aromatic rings. The molecule has 0 unspecified atom stereocenters. The third-order valence-corrected chi connectivity index (χ3v) is 6.02. The van der Waals surface area contributed by atoms with Crippen LogP contribution in [0.15, 0.2) is 30.3 Å². The summed E-state index contributed by atoms with van der Waals surface area (Å²) in [6.45, 7) is 1.23. The summed E-state index contributed by atoms with van der Waals surface area (Å²) in [4.78, 5) is 0. The largest absolute Gasteiger partial charge is 0.493 e. The summed E-state index contributed by atoms with van der Waals surface area (Å²) in [7, 11) is 8.10. The fourth-order valence-electron chi connectivity index (χ4n) is 4.53. The first-order valence-electron chi connectivity index (χ1n) is 9.90. The van der Waals surface area contributed by atoms with Gasteiger partial charge in [0.25, 0.3) is 0 Å². The molecule has 7 nitrogen and oxygen atoms in total. The quantitative estimate of drug-likeness (QED) is 0.680. The summed E-state index contributed by atoms with van der Waals surface area (Å²) in [6.07, 6.45) is -0.157. The van der Waals surface area contributed by atoms with Crippen molar-refractivity contribution in [1.29, 1.82) is 0 Å². The Morgan fingerprint density at radius 2 is 1.10 bits per heavy atom. The number of ether oxygens (including phenoxy) is 7. The van der Waals surface area contributed by atoms with E-state index in [0.717, 1.165) is 11.1 Å². The average molecular weight is 416 g/mol.